The minimum atomic E-state index is -0.729. The number of imide groups is 2. The van der Waals surface area contributed by atoms with Gasteiger partial charge in [0.1, 0.15) is 5.92 Å². The first-order chi connectivity index (χ1) is 7.11. The molecule has 5 heteroatoms. The number of hydrogen-bond donors (Lipinski definition) is 1. The molecule has 0 bridgehead atoms. The van der Waals surface area contributed by atoms with E-state index in [4.69, 9.17) is 0 Å². The van der Waals surface area contributed by atoms with Gasteiger partial charge in [0.15, 0.2) is 0 Å². The highest BCUT2D eigenvalue weighted by Gasteiger charge is 2.38. The molecule has 0 saturated carbocycles. The van der Waals surface area contributed by atoms with Crippen LogP contribution in [0.4, 0.5) is 4.79 Å². The number of urea groups is 1. The van der Waals surface area contributed by atoms with Crippen LogP contribution in [0.5, 0.6) is 0 Å². The van der Waals surface area contributed by atoms with Crippen LogP contribution in [0.2, 0.25) is 0 Å². The number of nitrogens with one attached hydrogen (secondary N) is 1. The lowest BCUT2D eigenvalue weighted by Crippen LogP contribution is -2.57. The summed E-state index contributed by atoms with van der Waals surface area (Å²) in [5, 5.41) is 2.16. The van der Waals surface area contributed by atoms with Gasteiger partial charge in [0.25, 0.3) is 0 Å². The van der Waals surface area contributed by atoms with Gasteiger partial charge in [0.05, 0.1) is 0 Å². The van der Waals surface area contributed by atoms with Crippen LogP contribution < -0.4 is 5.32 Å². The van der Waals surface area contributed by atoms with Crippen LogP contribution >= 0.6 is 0 Å². The Labute approximate surface area is 88.1 Å². The molecule has 1 aliphatic rings. The number of carbonyl (C=O) groups excluding carboxylic acids is 3. The van der Waals surface area contributed by atoms with Crippen molar-refractivity contribution >= 4 is 17.8 Å². The largest absolute Gasteiger partial charge is 0.331 e. The maximum Gasteiger partial charge on any atom is 0.331 e. The topological polar surface area (TPSA) is 66.5 Å². The van der Waals surface area contributed by atoms with Gasteiger partial charge in [0.2, 0.25) is 11.8 Å². The molecular weight excluding hydrogens is 196 g/mol. The first kappa shape index (κ1) is 11.4. The van der Waals surface area contributed by atoms with Crippen LogP contribution in [0.15, 0.2) is 12.7 Å². The maximum atomic E-state index is 11.7. The summed E-state index contributed by atoms with van der Waals surface area (Å²) < 4.78 is 0. The van der Waals surface area contributed by atoms with Gasteiger partial charge in [-0.2, -0.15) is 0 Å². The van der Waals surface area contributed by atoms with Crippen molar-refractivity contribution in [2.45, 2.75) is 19.8 Å². The zero-order chi connectivity index (χ0) is 11.4. The Morgan fingerprint density at radius 1 is 1.47 bits per heavy atom. The Bertz CT molecular complexity index is 312. The van der Waals surface area contributed by atoms with Crippen molar-refractivity contribution in [2.75, 3.05) is 6.54 Å². The maximum absolute atomic E-state index is 11.7. The van der Waals surface area contributed by atoms with Crippen LogP contribution in [0.1, 0.15) is 19.8 Å². The molecule has 0 aromatic rings. The van der Waals surface area contributed by atoms with Crippen LogP contribution in [0.3, 0.4) is 0 Å². The number of hydrogen-bond acceptors (Lipinski definition) is 3. The van der Waals surface area contributed by atoms with Gasteiger partial charge in [-0.3, -0.25) is 19.8 Å². The lowest BCUT2D eigenvalue weighted by Gasteiger charge is -2.29. The summed E-state index contributed by atoms with van der Waals surface area (Å²) in [7, 11) is 0. The summed E-state index contributed by atoms with van der Waals surface area (Å²) in [4.78, 5) is 35.4. The summed E-state index contributed by atoms with van der Waals surface area (Å²) in [6.45, 7) is 5.48. The molecule has 1 atom stereocenters. The third-order valence-corrected chi connectivity index (χ3v) is 2.24. The smallest absolute Gasteiger partial charge is 0.277 e. The van der Waals surface area contributed by atoms with E-state index >= 15 is 0 Å². The van der Waals surface area contributed by atoms with Crippen LogP contribution in [0.25, 0.3) is 0 Å². The van der Waals surface area contributed by atoms with Crippen molar-refractivity contribution in [1.82, 2.24) is 10.2 Å². The van der Waals surface area contributed by atoms with E-state index in [2.05, 4.69) is 11.9 Å². The second-order valence-electron chi connectivity index (χ2n) is 3.37. The van der Waals surface area contributed by atoms with E-state index in [9.17, 15) is 14.4 Å². The number of barbiturate groups is 1. The number of carbonyl (C=O) groups is 3. The zero-order valence-corrected chi connectivity index (χ0v) is 8.66. The van der Waals surface area contributed by atoms with E-state index in [0.717, 1.165) is 11.3 Å². The van der Waals surface area contributed by atoms with E-state index < -0.39 is 23.8 Å². The third kappa shape index (κ3) is 2.23. The summed E-state index contributed by atoms with van der Waals surface area (Å²) >= 11 is 0. The summed E-state index contributed by atoms with van der Waals surface area (Å²) in [6, 6.07) is -0.655. The highest BCUT2D eigenvalue weighted by atomic mass is 16.2. The number of rotatable bonds is 4. The molecule has 0 radical (unpaired) electrons. The summed E-state index contributed by atoms with van der Waals surface area (Å²) in [5.41, 5.74) is 0. The Hall–Kier alpha value is -1.65. The van der Waals surface area contributed by atoms with Crippen molar-refractivity contribution in [3.8, 4) is 0 Å². The Morgan fingerprint density at radius 3 is 2.67 bits per heavy atom. The minimum Gasteiger partial charge on any atom is -0.277 e. The molecule has 1 fully saturated rings. The zero-order valence-electron chi connectivity index (χ0n) is 8.66. The van der Waals surface area contributed by atoms with E-state index in [-0.39, 0.29) is 6.54 Å². The van der Waals surface area contributed by atoms with E-state index in [1.165, 1.54) is 6.08 Å². The predicted molar refractivity (Wildman–Crippen MR) is 53.8 cm³/mol. The van der Waals surface area contributed by atoms with E-state index in [1.807, 2.05) is 6.92 Å². The fourth-order valence-electron chi connectivity index (χ4n) is 1.51. The second kappa shape index (κ2) is 4.72. The SMILES string of the molecule is C=CCN1C(=O)NC(=O)C(CCC)C1=O. The van der Waals surface area contributed by atoms with Gasteiger partial charge < -0.3 is 0 Å². The molecule has 4 amide bonds. The number of nitrogens with zero attached hydrogens (tertiary/aromatic N) is 1. The van der Waals surface area contributed by atoms with Gasteiger partial charge in [-0.05, 0) is 6.42 Å². The predicted octanol–water partition coefficient (Wildman–Crippen LogP) is 0.667. The molecule has 0 aromatic heterocycles. The van der Waals surface area contributed by atoms with Gasteiger partial charge in [-0.15, -0.1) is 6.58 Å². The molecule has 1 saturated heterocycles. The molecule has 1 rings (SSSR count). The average molecular weight is 210 g/mol. The summed E-state index contributed by atoms with van der Waals surface area (Å²) in [6.07, 6.45) is 2.64. The van der Waals surface area contributed by atoms with Crippen molar-refractivity contribution < 1.29 is 14.4 Å². The molecule has 1 heterocycles. The molecule has 82 valence electrons. The molecule has 5 nitrogen and oxygen atoms in total. The quantitative estimate of drug-likeness (QED) is 0.547. The van der Waals surface area contributed by atoms with Crippen molar-refractivity contribution in [1.29, 1.82) is 0 Å². The first-order valence-electron chi connectivity index (χ1n) is 4.89. The van der Waals surface area contributed by atoms with Crippen LogP contribution in [-0.2, 0) is 9.59 Å². The lowest BCUT2D eigenvalue weighted by atomic mass is 9.99. The molecule has 1 aliphatic heterocycles. The minimum absolute atomic E-state index is 0.137. The fraction of sp³-hybridized carbons (Fsp3) is 0.500. The van der Waals surface area contributed by atoms with Gasteiger partial charge >= 0.3 is 6.03 Å². The van der Waals surface area contributed by atoms with Gasteiger partial charge in [-0.1, -0.05) is 19.4 Å². The summed E-state index contributed by atoms with van der Waals surface area (Å²) in [5.74, 6) is -1.65. The second-order valence-corrected chi connectivity index (χ2v) is 3.37. The van der Waals surface area contributed by atoms with Crippen molar-refractivity contribution in [3.63, 3.8) is 0 Å². The molecular formula is C10H14N2O3. The third-order valence-electron chi connectivity index (χ3n) is 2.24. The van der Waals surface area contributed by atoms with Crippen LogP contribution in [-0.4, -0.2) is 29.3 Å². The van der Waals surface area contributed by atoms with Gasteiger partial charge in [-0.25, -0.2) is 4.79 Å². The average Bonchev–Trinajstić information content (AvgIpc) is 2.19. The highest BCUT2D eigenvalue weighted by molar-refractivity contribution is 6.16. The Kier molecular flexibility index (Phi) is 3.60. The fourth-order valence-corrected chi connectivity index (χ4v) is 1.51. The van der Waals surface area contributed by atoms with Crippen molar-refractivity contribution in [2.24, 2.45) is 5.92 Å². The first-order valence-corrected chi connectivity index (χ1v) is 4.89. The number of amides is 4. The highest BCUT2D eigenvalue weighted by Crippen LogP contribution is 2.15. The standard InChI is InChI=1S/C10H14N2O3/c1-3-5-7-8(13)11-10(15)12(6-4-2)9(7)14/h4,7H,2-3,5-6H2,1H3,(H,11,13,15). The van der Waals surface area contributed by atoms with E-state index in [0.29, 0.717) is 6.42 Å². The molecule has 1 N–H and O–H groups in total. The Morgan fingerprint density at radius 2 is 2.13 bits per heavy atom. The van der Waals surface area contributed by atoms with E-state index in [1.54, 1.807) is 0 Å². The molecule has 0 aromatic carbocycles. The molecule has 0 spiro atoms. The normalized spacial score (nSPS) is 21.5. The van der Waals surface area contributed by atoms with Gasteiger partial charge in [0, 0.05) is 6.54 Å². The van der Waals surface area contributed by atoms with Crippen LogP contribution in [0, 0.1) is 5.92 Å². The Balaban J connectivity index is 2.83. The molecule has 1 unspecified atom stereocenters. The monoisotopic (exact) mass is 210 g/mol. The van der Waals surface area contributed by atoms with Crippen molar-refractivity contribution in [3.05, 3.63) is 12.7 Å². The molecule has 15 heavy (non-hydrogen) atoms. The lowest BCUT2D eigenvalue weighted by molar-refractivity contribution is -0.142. The molecule has 0 aliphatic carbocycles.